The topological polar surface area (TPSA) is 53.2 Å². The Kier molecular flexibility index (Phi) is 5.40. The van der Waals surface area contributed by atoms with Crippen molar-refractivity contribution in [3.8, 4) is 29.2 Å². The molecule has 2 N–H and O–H groups in total. The van der Waals surface area contributed by atoms with Crippen LogP contribution in [-0.4, -0.2) is 34.6 Å². The molecule has 4 heterocycles. The van der Waals surface area contributed by atoms with Gasteiger partial charge in [-0.15, -0.1) is 6.42 Å². The highest BCUT2D eigenvalue weighted by Gasteiger charge is 2.17. The molecule has 0 bridgehead atoms. The first-order valence-electron chi connectivity index (χ1n) is 11.2. The van der Waals surface area contributed by atoms with Gasteiger partial charge in [-0.05, 0) is 56.6 Å². The predicted octanol–water partition coefficient (Wildman–Crippen LogP) is 4.69. The van der Waals surface area contributed by atoms with Crippen molar-refractivity contribution in [2.75, 3.05) is 19.7 Å². The molecular weight excluding hydrogens is 384 g/mol. The van der Waals surface area contributed by atoms with Gasteiger partial charge in [-0.2, -0.15) is 0 Å². The van der Waals surface area contributed by atoms with Crippen molar-refractivity contribution in [1.82, 2.24) is 20.2 Å². The van der Waals surface area contributed by atoms with E-state index in [2.05, 4.69) is 45.4 Å². The Labute approximate surface area is 183 Å². The second-order valence-corrected chi connectivity index (χ2v) is 8.29. The third-order valence-electron chi connectivity index (χ3n) is 6.22. The molecule has 2 aliphatic rings. The van der Waals surface area contributed by atoms with Crippen LogP contribution < -0.4 is 10.1 Å². The Hall–Kier alpha value is -3.23. The lowest BCUT2D eigenvalue weighted by atomic mass is 10.0. The third kappa shape index (κ3) is 3.92. The Balaban J connectivity index is 1.50. The van der Waals surface area contributed by atoms with E-state index >= 15 is 0 Å². The molecule has 0 spiro atoms. The molecule has 1 aromatic carbocycles. The van der Waals surface area contributed by atoms with Gasteiger partial charge in [0, 0.05) is 40.5 Å². The van der Waals surface area contributed by atoms with Crippen LogP contribution in [0.2, 0.25) is 0 Å². The Morgan fingerprint density at radius 3 is 2.84 bits per heavy atom. The van der Waals surface area contributed by atoms with Crippen molar-refractivity contribution < 1.29 is 4.74 Å². The van der Waals surface area contributed by atoms with Gasteiger partial charge in [-0.3, -0.25) is 4.90 Å². The maximum absolute atomic E-state index is 6.04. The van der Waals surface area contributed by atoms with E-state index in [0.717, 1.165) is 51.4 Å². The summed E-state index contributed by atoms with van der Waals surface area (Å²) in [5.41, 5.74) is 7.39. The molecule has 0 aliphatic carbocycles. The Morgan fingerprint density at radius 1 is 1.16 bits per heavy atom. The van der Waals surface area contributed by atoms with Crippen LogP contribution in [0.3, 0.4) is 0 Å². The highest BCUT2D eigenvalue weighted by Crippen LogP contribution is 2.33. The number of ether oxygens (including phenoxy) is 1. The molecule has 158 valence electrons. The van der Waals surface area contributed by atoms with Crippen LogP contribution in [0.25, 0.3) is 28.2 Å². The van der Waals surface area contributed by atoms with Gasteiger partial charge in [0.25, 0.3) is 0 Å². The largest absolute Gasteiger partial charge is 0.494 e. The van der Waals surface area contributed by atoms with Crippen LogP contribution >= 0.6 is 0 Å². The van der Waals surface area contributed by atoms with E-state index < -0.39 is 0 Å². The summed E-state index contributed by atoms with van der Waals surface area (Å²) in [7, 11) is 0. The molecule has 1 fully saturated rings. The number of aromatic nitrogens is 2. The van der Waals surface area contributed by atoms with Crippen LogP contribution in [0.15, 0.2) is 36.2 Å². The second kappa shape index (κ2) is 8.49. The maximum atomic E-state index is 6.04. The molecule has 2 aromatic heterocycles. The number of fused-ring (bicyclic) bond motifs is 3. The van der Waals surface area contributed by atoms with Crippen molar-refractivity contribution in [2.45, 2.75) is 39.3 Å². The van der Waals surface area contributed by atoms with Crippen molar-refractivity contribution in [3.05, 3.63) is 53.0 Å². The summed E-state index contributed by atoms with van der Waals surface area (Å²) < 4.78 is 6.04. The molecule has 2 aliphatic heterocycles. The minimum absolute atomic E-state index is 0.658. The first-order chi connectivity index (χ1) is 15.2. The molecule has 5 rings (SSSR count). The molecule has 0 unspecified atom stereocenters. The van der Waals surface area contributed by atoms with E-state index in [0.29, 0.717) is 13.2 Å². The van der Waals surface area contributed by atoms with Crippen molar-refractivity contribution >= 4 is 17.1 Å². The zero-order chi connectivity index (χ0) is 21.2. The first kappa shape index (κ1) is 19.7. The first-order valence-corrected chi connectivity index (χ1v) is 11.2. The lowest BCUT2D eigenvalue weighted by molar-refractivity contribution is 0.216. The zero-order valence-electron chi connectivity index (χ0n) is 18.0. The fourth-order valence-corrected chi connectivity index (χ4v) is 4.59. The van der Waals surface area contributed by atoms with E-state index in [4.69, 9.17) is 16.1 Å². The fraction of sp³-hybridized carbons (Fsp3) is 0.346. The van der Waals surface area contributed by atoms with Crippen LogP contribution in [0, 0.1) is 12.3 Å². The molecule has 5 heteroatoms. The number of nitrogens with one attached hydrogen (secondary N) is 2. The van der Waals surface area contributed by atoms with Gasteiger partial charge in [0.2, 0.25) is 0 Å². The van der Waals surface area contributed by atoms with Gasteiger partial charge in [0.05, 0.1) is 18.8 Å². The predicted molar refractivity (Wildman–Crippen MR) is 125 cm³/mol. The van der Waals surface area contributed by atoms with Gasteiger partial charge >= 0.3 is 0 Å². The molecule has 5 nitrogen and oxygen atoms in total. The number of H-pyrrole nitrogens is 1. The Bertz CT molecular complexity index is 1180. The summed E-state index contributed by atoms with van der Waals surface area (Å²) in [6.45, 7) is 6.69. The average molecular weight is 413 g/mol. The highest BCUT2D eigenvalue weighted by atomic mass is 16.5. The molecule has 0 amide bonds. The van der Waals surface area contributed by atoms with Gasteiger partial charge in [-0.25, -0.2) is 4.98 Å². The van der Waals surface area contributed by atoms with Crippen molar-refractivity contribution in [3.63, 3.8) is 0 Å². The van der Waals surface area contributed by atoms with Gasteiger partial charge in [0.15, 0.2) is 0 Å². The number of likely N-dealkylation sites (tertiary alicyclic amines) is 1. The summed E-state index contributed by atoms with van der Waals surface area (Å²) in [6, 6.07) is 8.76. The summed E-state index contributed by atoms with van der Waals surface area (Å²) in [5, 5.41) is 4.33. The lowest BCUT2D eigenvalue weighted by Crippen LogP contribution is -2.29. The Morgan fingerprint density at radius 2 is 2.03 bits per heavy atom. The maximum Gasteiger partial charge on any atom is 0.138 e. The second-order valence-electron chi connectivity index (χ2n) is 8.29. The lowest BCUT2D eigenvalue weighted by Gasteiger charge is -2.27. The number of allylic oxidation sites excluding steroid dienone is 1. The molecule has 0 saturated carbocycles. The number of terminal acetylenes is 1. The molecule has 1 saturated heterocycles. The average Bonchev–Trinajstić information content (AvgIpc) is 3.18. The number of aromatic amines is 1. The van der Waals surface area contributed by atoms with Gasteiger partial charge in [0.1, 0.15) is 11.4 Å². The number of nitrogens with zero attached hydrogens (tertiary/aromatic N) is 2. The zero-order valence-corrected chi connectivity index (χ0v) is 18.0. The van der Waals surface area contributed by atoms with Crippen molar-refractivity contribution in [2.24, 2.45) is 0 Å². The fourth-order valence-electron chi connectivity index (χ4n) is 4.59. The number of rotatable bonds is 5. The van der Waals surface area contributed by atoms with E-state index in [1.54, 1.807) is 0 Å². The van der Waals surface area contributed by atoms with E-state index in [1.165, 1.54) is 37.9 Å². The van der Waals surface area contributed by atoms with Crippen LogP contribution in [-0.2, 0) is 13.1 Å². The normalized spacial score (nSPS) is 16.3. The van der Waals surface area contributed by atoms with Crippen molar-refractivity contribution in [1.29, 1.82) is 0 Å². The summed E-state index contributed by atoms with van der Waals surface area (Å²) in [4.78, 5) is 10.6. The molecule has 0 atom stereocenters. The monoisotopic (exact) mass is 412 g/mol. The molecular formula is C26H28N4O. The molecule has 3 aromatic rings. The number of pyridine rings is 1. The van der Waals surface area contributed by atoms with Gasteiger partial charge < -0.3 is 15.0 Å². The minimum atomic E-state index is 0.658. The molecule has 31 heavy (non-hydrogen) atoms. The minimum Gasteiger partial charge on any atom is -0.494 e. The van der Waals surface area contributed by atoms with E-state index in [1.807, 2.05) is 19.2 Å². The number of benzene rings is 1. The van der Waals surface area contributed by atoms with Crippen LogP contribution in [0.5, 0.6) is 5.75 Å². The van der Waals surface area contributed by atoms with Gasteiger partial charge in [-0.1, -0.05) is 24.5 Å². The van der Waals surface area contributed by atoms with Crippen LogP contribution in [0.1, 0.15) is 43.0 Å². The quantitative estimate of drug-likeness (QED) is 0.597. The highest BCUT2D eigenvalue weighted by molar-refractivity contribution is 5.92. The number of piperidine rings is 1. The van der Waals surface area contributed by atoms with E-state index in [-0.39, 0.29) is 0 Å². The summed E-state index contributed by atoms with van der Waals surface area (Å²) in [6.07, 6.45) is 13.5. The summed E-state index contributed by atoms with van der Waals surface area (Å²) in [5.74, 6) is 3.67. The smallest absolute Gasteiger partial charge is 0.138 e. The van der Waals surface area contributed by atoms with E-state index in [9.17, 15) is 0 Å². The van der Waals surface area contributed by atoms with Crippen LogP contribution in [0.4, 0.5) is 0 Å². The SMILES string of the molecule is C#CC1=Cc2c([nH]c3ncc(-c4ccc(CN5CCCCC5)c(OCC)c4)cc23)CN1. The standard InChI is InChI=1S/C26H28N4O/c1-3-21-14-22-23-12-20(15-28-26(23)29-24(22)16-27-21)18-8-9-19(25(13-18)31-4-2)17-30-10-6-5-7-11-30/h1,8-9,12-15,27H,4-7,10-11,16-17H2,2H3,(H,28,29). The number of hydrogen-bond acceptors (Lipinski definition) is 4. The molecule has 0 radical (unpaired) electrons. The summed E-state index contributed by atoms with van der Waals surface area (Å²) >= 11 is 0. The number of hydrogen-bond donors (Lipinski definition) is 2. The third-order valence-corrected chi connectivity index (χ3v) is 6.22.